The highest BCUT2D eigenvalue weighted by molar-refractivity contribution is 5.98. The van der Waals surface area contributed by atoms with Crippen LogP contribution in [0.3, 0.4) is 0 Å². The van der Waals surface area contributed by atoms with Gasteiger partial charge in [0.25, 0.3) is 0 Å². The van der Waals surface area contributed by atoms with Gasteiger partial charge in [-0.3, -0.25) is 14.4 Å². The van der Waals surface area contributed by atoms with Crippen molar-refractivity contribution in [2.24, 2.45) is 23.7 Å². The minimum absolute atomic E-state index is 0.0710. The smallest absolute Gasteiger partial charge is 0.312 e. The number of benzene rings is 1. The van der Waals surface area contributed by atoms with Gasteiger partial charge in [0.2, 0.25) is 11.8 Å². The van der Waals surface area contributed by atoms with E-state index in [0.29, 0.717) is 24.8 Å². The molecule has 0 aliphatic carbocycles. The van der Waals surface area contributed by atoms with Crippen LogP contribution in [0, 0.1) is 23.7 Å². The molecule has 244 valence electrons. The highest BCUT2D eigenvalue weighted by Gasteiger charge is 2.80. The van der Waals surface area contributed by atoms with Crippen LogP contribution in [0.2, 0.25) is 0 Å². The van der Waals surface area contributed by atoms with Crippen molar-refractivity contribution in [2.75, 3.05) is 19.8 Å². The number of hydrogen-bond donors (Lipinski definition) is 1. The van der Waals surface area contributed by atoms with E-state index in [0.717, 1.165) is 18.4 Å². The number of aromatic nitrogens is 3. The van der Waals surface area contributed by atoms with E-state index in [4.69, 9.17) is 9.47 Å². The number of para-hydroxylation sites is 1. The van der Waals surface area contributed by atoms with E-state index in [1.165, 1.54) is 4.90 Å². The van der Waals surface area contributed by atoms with E-state index < -0.39 is 41.1 Å². The predicted molar refractivity (Wildman–Crippen MR) is 168 cm³/mol. The molecule has 11 heteroatoms. The number of ether oxygens (including phenoxy) is 2. The number of hydrogen-bond acceptors (Lipinski definition) is 8. The second-order valence-electron chi connectivity index (χ2n) is 13.4. The van der Waals surface area contributed by atoms with Crippen molar-refractivity contribution in [2.45, 2.75) is 89.8 Å². The zero-order valence-corrected chi connectivity index (χ0v) is 26.9. The molecule has 1 spiro atoms. The van der Waals surface area contributed by atoms with E-state index in [9.17, 15) is 19.5 Å². The van der Waals surface area contributed by atoms with E-state index in [-0.39, 0.29) is 50.1 Å². The standard InChI is InChI=1S/C34H47N5O6/c1-7-9-10-13-17-44-32(43)28-27-30(41)39(24(20-40)18-22(3)4)29(34(27)19-23(5)33(28,6)45-34)31(42)37(16-8-2)21-38-26-15-12-11-14-25(26)35-36-38/h7-8,11-12,14-15,22-24,27-29,40H,1-2,9-10,13,16-21H2,3-6H3/t23?,24-,27+,28-,29?,33+,34?/m1/s1. The van der Waals surface area contributed by atoms with Gasteiger partial charge in [0, 0.05) is 6.54 Å². The Morgan fingerprint density at radius 1 is 1.24 bits per heavy atom. The van der Waals surface area contributed by atoms with Crippen LogP contribution in [-0.2, 0) is 30.5 Å². The van der Waals surface area contributed by atoms with Crippen molar-refractivity contribution >= 4 is 28.8 Å². The second kappa shape index (κ2) is 13.0. The zero-order chi connectivity index (χ0) is 32.5. The number of nitrogens with zero attached hydrogens (tertiary/aromatic N) is 5. The summed E-state index contributed by atoms with van der Waals surface area (Å²) in [5, 5.41) is 19.1. The minimum atomic E-state index is -1.26. The van der Waals surface area contributed by atoms with Gasteiger partial charge < -0.3 is 24.4 Å². The van der Waals surface area contributed by atoms with Gasteiger partial charge in [0.05, 0.1) is 36.3 Å². The van der Waals surface area contributed by atoms with Crippen molar-refractivity contribution in [1.29, 1.82) is 0 Å². The van der Waals surface area contributed by atoms with Gasteiger partial charge in [-0.25, -0.2) is 4.68 Å². The molecule has 3 saturated heterocycles. The first-order chi connectivity index (χ1) is 21.5. The Kier molecular flexibility index (Phi) is 9.51. The van der Waals surface area contributed by atoms with Crippen LogP contribution in [-0.4, -0.2) is 90.7 Å². The summed E-state index contributed by atoms with van der Waals surface area (Å²) in [6.45, 7) is 15.7. The third-order valence-corrected chi connectivity index (χ3v) is 10.0. The first kappa shape index (κ1) is 32.8. The Labute approximate surface area is 265 Å². The van der Waals surface area contributed by atoms with Crippen LogP contribution in [0.1, 0.15) is 59.8 Å². The lowest BCUT2D eigenvalue weighted by atomic mass is 9.62. The summed E-state index contributed by atoms with van der Waals surface area (Å²) in [6.07, 6.45) is 6.72. The Balaban J connectivity index is 1.54. The van der Waals surface area contributed by atoms with Crippen molar-refractivity contribution in [3.8, 4) is 0 Å². The van der Waals surface area contributed by atoms with E-state index in [1.807, 2.05) is 58.0 Å². The lowest BCUT2D eigenvalue weighted by molar-refractivity contribution is -0.164. The van der Waals surface area contributed by atoms with Gasteiger partial charge in [-0.05, 0) is 63.0 Å². The third kappa shape index (κ3) is 5.58. The molecular weight excluding hydrogens is 574 g/mol. The fourth-order valence-corrected chi connectivity index (χ4v) is 7.91. The Morgan fingerprint density at radius 3 is 2.69 bits per heavy atom. The topological polar surface area (TPSA) is 127 Å². The summed E-state index contributed by atoms with van der Waals surface area (Å²) in [6, 6.07) is 5.79. The average molecular weight is 622 g/mol. The Morgan fingerprint density at radius 2 is 2.00 bits per heavy atom. The molecule has 1 aromatic carbocycles. The molecule has 11 nitrogen and oxygen atoms in total. The van der Waals surface area contributed by atoms with E-state index in [2.05, 4.69) is 23.5 Å². The van der Waals surface area contributed by atoms with Crippen LogP contribution < -0.4 is 0 Å². The van der Waals surface area contributed by atoms with Gasteiger partial charge in [0.1, 0.15) is 29.7 Å². The number of carbonyl (C=O) groups excluding carboxylic acids is 3. The first-order valence-corrected chi connectivity index (χ1v) is 16.1. The van der Waals surface area contributed by atoms with Gasteiger partial charge in [-0.15, -0.1) is 18.3 Å². The zero-order valence-electron chi connectivity index (χ0n) is 26.9. The van der Waals surface area contributed by atoms with Gasteiger partial charge >= 0.3 is 5.97 Å². The molecule has 5 rings (SSSR count). The normalized spacial score (nSPS) is 29.3. The molecular formula is C34H47N5O6. The number of unbranched alkanes of at least 4 members (excludes halogenated alkanes) is 2. The molecule has 2 amide bonds. The second-order valence-corrected chi connectivity index (χ2v) is 13.4. The number of fused-ring (bicyclic) bond motifs is 2. The molecule has 1 N–H and O–H groups in total. The third-order valence-electron chi connectivity index (χ3n) is 10.0. The summed E-state index contributed by atoms with van der Waals surface area (Å²) in [5.74, 6) is -2.94. The molecule has 0 radical (unpaired) electrons. The van der Waals surface area contributed by atoms with Crippen molar-refractivity contribution < 1.29 is 29.0 Å². The summed E-state index contributed by atoms with van der Waals surface area (Å²) >= 11 is 0. The molecule has 1 aromatic heterocycles. The molecule has 3 unspecified atom stereocenters. The number of esters is 1. The lowest BCUT2D eigenvalue weighted by Crippen LogP contribution is -2.59. The maximum Gasteiger partial charge on any atom is 0.312 e. The fraction of sp³-hybridized carbons (Fsp3) is 0.618. The minimum Gasteiger partial charge on any atom is -0.465 e. The molecule has 0 saturated carbocycles. The molecule has 45 heavy (non-hydrogen) atoms. The number of aliphatic hydroxyl groups is 1. The highest BCUT2D eigenvalue weighted by Crippen LogP contribution is 2.65. The summed E-state index contributed by atoms with van der Waals surface area (Å²) in [7, 11) is 0. The van der Waals surface area contributed by atoms with Crippen LogP contribution in [0.4, 0.5) is 0 Å². The maximum atomic E-state index is 14.9. The number of likely N-dealkylation sites (tertiary alicyclic amines) is 1. The summed E-state index contributed by atoms with van der Waals surface area (Å²) < 4.78 is 14.3. The first-order valence-electron chi connectivity index (χ1n) is 16.1. The molecule has 3 aliphatic heterocycles. The van der Waals surface area contributed by atoms with Gasteiger partial charge in [0.15, 0.2) is 0 Å². The van der Waals surface area contributed by atoms with E-state index >= 15 is 0 Å². The lowest BCUT2D eigenvalue weighted by Gasteiger charge is -2.39. The molecule has 4 heterocycles. The number of amides is 2. The SMILES string of the molecule is C=CCCCCOC(=O)[C@H]1[C@H]2C(=O)N([C@@H](CO)CC(C)C)C(C(=O)N(CC=C)Cn3nnc4ccccc43)C23CC(C)[C@]1(C)O3. The molecule has 3 aliphatic rings. The predicted octanol–water partition coefficient (Wildman–Crippen LogP) is 3.72. The van der Waals surface area contributed by atoms with Crippen LogP contribution in [0.25, 0.3) is 11.0 Å². The highest BCUT2D eigenvalue weighted by atomic mass is 16.6. The molecule has 3 fully saturated rings. The molecule has 7 atom stereocenters. The summed E-state index contributed by atoms with van der Waals surface area (Å²) in [5.41, 5.74) is -0.787. The van der Waals surface area contributed by atoms with Gasteiger partial charge in [-0.2, -0.15) is 0 Å². The average Bonchev–Trinajstić information content (AvgIpc) is 3.68. The number of carbonyl (C=O) groups is 3. The summed E-state index contributed by atoms with van der Waals surface area (Å²) in [4.78, 5) is 46.4. The quantitative estimate of drug-likeness (QED) is 0.181. The number of allylic oxidation sites excluding steroid dienone is 1. The fourth-order valence-electron chi connectivity index (χ4n) is 7.91. The van der Waals surface area contributed by atoms with Crippen molar-refractivity contribution in [3.63, 3.8) is 0 Å². The maximum absolute atomic E-state index is 14.9. The van der Waals surface area contributed by atoms with Gasteiger partial charge in [-0.1, -0.05) is 50.3 Å². The monoisotopic (exact) mass is 621 g/mol. The van der Waals surface area contributed by atoms with Crippen molar-refractivity contribution in [1.82, 2.24) is 24.8 Å². The van der Waals surface area contributed by atoms with Crippen LogP contribution in [0.5, 0.6) is 0 Å². The van der Waals surface area contributed by atoms with E-state index in [1.54, 1.807) is 15.7 Å². The number of rotatable bonds is 15. The molecule has 2 bridgehead atoms. The van der Waals surface area contributed by atoms with Crippen LogP contribution >= 0.6 is 0 Å². The largest absolute Gasteiger partial charge is 0.465 e. The van der Waals surface area contributed by atoms with Crippen LogP contribution in [0.15, 0.2) is 49.6 Å². The molecule has 2 aromatic rings. The van der Waals surface area contributed by atoms with Crippen molar-refractivity contribution in [3.05, 3.63) is 49.6 Å². The Bertz CT molecular complexity index is 1440. The number of aliphatic hydroxyl groups excluding tert-OH is 1. The Hall–Kier alpha value is -3.57.